The Morgan fingerprint density at radius 1 is 1.64 bits per heavy atom. The van der Waals surface area contributed by atoms with Gasteiger partial charge in [-0.05, 0) is 19.3 Å². The van der Waals surface area contributed by atoms with Crippen molar-refractivity contribution in [1.29, 1.82) is 0 Å². The molecule has 1 heteroatoms. The molecule has 11 heavy (non-hydrogen) atoms. The first-order valence-corrected chi connectivity index (χ1v) is 4.42. The highest BCUT2D eigenvalue weighted by Crippen LogP contribution is 2.42. The lowest BCUT2D eigenvalue weighted by Crippen LogP contribution is -2.23. The van der Waals surface area contributed by atoms with Crippen LogP contribution in [0.5, 0.6) is 0 Å². The zero-order valence-electron chi connectivity index (χ0n) is 8.07. The molecule has 0 amide bonds. The van der Waals surface area contributed by atoms with E-state index in [1.165, 1.54) is 12.1 Å². The van der Waals surface area contributed by atoms with E-state index >= 15 is 0 Å². The molecule has 1 heterocycles. The van der Waals surface area contributed by atoms with Gasteiger partial charge in [0.05, 0.1) is 0 Å². The van der Waals surface area contributed by atoms with Crippen molar-refractivity contribution >= 4 is 0 Å². The molecule has 0 aromatic rings. The van der Waals surface area contributed by atoms with Gasteiger partial charge >= 0.3 is 0 Å². The van der Waals surface area contributed by atoms with Crippen molar-refractivity contribution < 1.29 is 0 Å². The number of rotatable bonds is 1. The molecule has 1 fully saturated rings. The standard InChI is InChI=1S/C10H19N/c1-7(2)10(5)6-8(3)11-9(10)4/h7-8,11H,4,6H2,1-3,5H3. The third kappa shape index (κ3) is 1.29. The van der Waals surface area contributed by atoms with Gasteiger partial charge in [0.25, 0.3) is 0 Å². The zero-order valence-corrected chi connectivity index (χ0v) is 8.07. The molecule has 1 aliphatic rings. The van der Waals surface area contributed by atoms with Gasteiger partial charge in [-0.3, -0.25) is 0 Å². The lowest BCUT2D eigenvalue weighted by Gasteiger charge is -2.28. The molecule has 1 aliphatic heterocycles. The highest BCUT2D eigenvalue weighted by Gasteiger charge is 2.38. The van der Waals surface area contributed by atoms with Gasteiger partial charge in [-0.2, -0.15) is 0 Å². The summed E-state index contributed by atoms with van der Waals surface area (Å²) in [5.74, 6) is 0.687. The van der Waals surface area contributed by atoms with E-state index in [0.29, 0.717) is 17.4 Å². The highest BCUT2D eigenvalue weighted by atomic mass is 15.0. The van der Waals surface area contributed by atoms with Gasteiger partial charge in [-0.15, -0.1) is 0 Å². The van der Waals surface area contributed by atoms with Crippen molar-refractivity contribution in [3.05, 3.63) is 12.3 Å². The summed E-state index contributed by atoms with van der Waals surface area (Å²) in [4.78, 5) is 0. The van der Waals surface area contributed by atoms with Crippen molar-refractivity contribution in [1.82, 2.24) is 5.32 Å². The van der Waals surface area contributed by atoms with Crippen molar-refractivity contribution in [2.45, 2.75) is 40.2 Å². The molecule has 1 saturated heterocycles. The van der Waals surface area contributed by atoms with Gasteiger partial charge in [0.1, 0.15) is 0 Å². The van der Waals surface area contributed by atoms with Crippen molar-refractivity contribution in [2.24, 2.45) is 11.3 Å². The van der Waals surface area contributed by atoms with E-state index in [2.05, 4.69) is 39.6 Å². The van der Waals surface area contributed by atoms with E-state index < -0.39 is 0 Å². The molecule has 2 unspecified atom stereocenters. The third-order valence-corrected chi connectivity index (χ3v) is 3.11. The Morgan fingerprint density at radius 3 is 2.36 bits per heavy atom. The van der Waals surface area contributed by atoms with Gasteiger partial charge < -0.3 is 5.32 Å². The molecule has 0 aromatic heterocycles. The second kappa shape index (κ2) is 2.54. The molecule has 0 radical (unpaired) electrons. The van der Waals surface area contributed by atoms with Gasteiger partial charge in [-0.1, -0.05) is 27.4 Å². The highest BCUT2D eigenvalue weighted by molar-refractivity contribution is 5.15. The first-order valence-electron chi connectivity index (χ1n) is 4.42. The number of allylic oxidation sites excluding steroid dienone is 1. The fourth-order valence-corrected chi connectivity index (χ4v) is 1.86. The fourth-order valence-electron chi connectivity index (χ4n) is 1.86. The summed E-state index contributed by atoms with van der Waals surface area (Å²) < 4.78 is 0. The van der Waals surface area contributed by atoms with Crippen molar-refractivity contribution in [3.8, 4) is 0 Å². The lowest BCUT2D eigenvalue weighted by molar-refractivity contribution is 0.281. The predicted molar refractivity (Wildman–Crippen MR) is 49.3 cm³/mol. The summed E-state index contributed by atoms with van der Waals surface area (Å²) >= 11 is 0. The second-order valence-corrected chi connectivity index (χ2v) is 4.30. The monoisotopic (exact) mass is 153 g/mol. The molecule has 1 nitrogen and oxygen atoms in total. The van der Waals surface area contributed by atoms with Crippen LogP contribution >= 0.6 is 0 Å². The quantitative estimate of drug-likeness (QED) is 0.610. The van der Waals surface area contributed by atoms with E-state index in [0.717, 1.165) is 0 Å². The molecule has 1 rings (SSSR count). The predicted octanol–water partition coefficient (Wildman–Crippen LogP) is 2.54. The summed E-state index contributed by atoms with van der Waals surface area (Å²) in [6, 6.07) is 0.606. The fraction of sp³-hybridized carbons (Fsp3) is 0.800. The SMILES string of the molecule is C=C1NC(C)CC1(C)C(C)C. The lowest BCUT2D eigenvalue weighted by atomic mass is 9.75. The maximum absolute atomic E-state index is 4.07. The molecule has 0 aliphatic carbocycles. The molecule has 64 valence electrons. The van der Waals surface area contributed by atoms with Crippen molar-refractivity contribution in [2.75, 3.05) is 0 Å². The Hall–Kier alpha value is -0.460. The van der Waals surface area contributed by atoms with Crippen LogP contribution < -0.4 is 5.32 Å². The number of hydrogen-bond acceptors (Lipinski definition) is 1. The summed E-state index contributed by atoms with van der Waals surface area (Å²) in [5, 5.41) is 3.39. The van der Waals surface area contributed by atoms with Crippen LogP contribution in [0.15, 0.2) is 12.3 Å². The molecule has 1 N–H and O–H groups in total. The van der Waals surface area contributed by atoms with Gasteiger partial charge in [0.2, 0.25) is 0 Å². The molecule has 0 saturated carbocycles. The third-order valence-electron chi connectivity index (χ3n) is 3.11. The summed E-state index contributed by atoms with van der Waals surface area (Å²) in [6.45, 7) is 13.1. The molecular weight excluding hydrogens is 134 g/mol. The van der Waals surface area contributed by atoms with Gasteiger partial charge in [0.15, 0.2) is 0 Å². The second-order valence-electron chi connectivity index (χ2n) is 4.30. The zero-order chi connectivity index (χ0) is 8.65. The minimum absolute atomic E-state index is 0.319. The first kappa shape index (κ1) is 8.63. The summed E-state index contributed by atoms with van der Waals surface area (Å²) in [7, 11) is 0. The van der Waals surface area contributed by atoms with Crippen LogP contribution in [0.2, 0.25) is 0 Å². The van der Waals surface area contributed by atoms with Crippen LogP contribution in [0.3, 0.4) is 0 Å². The van der Waals surface area contributed by atoms with E-state index in [4.69, 9.17) is 0 Å². The van der Waals surface area contributed by atoms with Crippen LogP contribution in [0.4, 0.5) is 0 Å². The maximum Gasteiger partial charge on any atom is 0.0239 e. The summed E-state index contributed by atoms with van der Waals surface area (Å²) in [6.07, 6.45) is 1.23. The molecule has 0 aromatic carbocycles. The molecule has 0 bridgehead atoms. The van der Waals surface area contributed by atoms with Crippen LogP contribution in [0.1, 0.15) is 34.1 Å². The van der Waals surface area contributed by atoms with Crippen LogP contribution in [0, 0.1) is 11.3 Å². The van der Waals surface area contributed by atoms with E-state index in [9.17, 15) is 0 Å². The van der Waals surface area contributed by atoms with E-state index in [-0.39, 0.29) is 0 Å². The minimum atomic E-state index is 0.319. The number of hydrogen-bond donors (Lipinski definition) is 1. The van der Waals surface area contributed by atoms with E-state index in [1.807, 2.05) is 0 Å². The van der Waals surface area contributed by atoms with Crippen LogP contribution in [-0.4, -0.2) is 6.04 Å². The Balaban J connectivity index is 2.79. The average Bonchev–Trinajstić information content (AvgIpc) is 2.08. The topological polar surface area (TPSA) is 12.0 Å². The largest absolute Gasteiger partial charge is 0.386 e. The smallest absolute Gasteiger partial charge is 0.0239 e. The molecular formula is C10H19N. The molecule has 2 atom stereocenters. The van der Waals surface area contributed by atoms with Crippen LogP contribution in [0.25, 0.3) is 0 Å². The minimum Gasteiger partial charge on any atom is -0.386 e. The van der Waals surface area contributed by atoms with Gasteiger partial charge in [0, 0.05) is 17.2 Å². The molecule has 0 spiro atoms. The first-order chi connectivity index (χ1) is 4.97. The number of nitrogens with one attached hydrogen (secondary N) is 1. The average molecular weight is 153 g/mol. The Morgan fingerprint density at radius 2 is 2.18 bits per heavy atom. The van der Waals surface area contributed by atoms with Crippen LogP contribution in [-0.2, 0) is 0 Å². The van der Waals surface area contributed by atoms with Crippen molar-refractivity contribution in [3.63, 3.8) is 0 Å². The maximum atomic E-state index is 4.07. The Labute approximate surface area is 69.9 Å². The normalized spacial score (nSPS) is 37.9. The summed E-state index contributed by atoms with van der Waals surface area (Å²) in [5.41, 5.74) is 1.54. The van der Waals surface area contributed by atoms with Gasteiger partial charge in [-0.25, -0.2) is 0 Å². The van der Waals surface area contributed by atoms with E-state index in [1.54, 1.807) is 0 Å². The Bertz CT molecular complexity index is 172. The Kier molecular flexibility index (Phi) is 2.00.